The van der Waals surface area contributed by atoms with Gasteiger partial charge < -0.3 is 10.1 Å². The number of anilines is 1. The Morgan fingerprint density at radius 2 is 1.96 bits per heavy atom. The quantitative estimate of drug-likeness (QED) is 0.750. The zero-order valence-electron chi connectivity index (χ0n) is 14.3. The molecule has 128 valence electrons. The maximum Gasteiger partial charge on any atom is 0.227 e. The largest absolute Gasteiger partial charge is 0.493 e. The minimum Gasteiger partial charge on any atom is -0.493 e. The summed E-state index contributed by atoms with van der Waals surface area (Å²) in [5, 5.41) is 6.92. The van der Waals surface area contributed by atoms with E-state index >= 15 is 0 Å². The van der Waals surface area contributed by atoms with E-state index in [1.807, 2.05) is 56.3 Å². The highest BCUT2D eigenvalue weighted by atomic mass is 16.5. The number of hydrogen-bond donors (Lipinski definition) is 1. The number of ether oxygens (including phenoxy) is 1. The number of aromatic nitrogens is 3. The molecule has 1 heterocycles. The molecule has 0 aliphatic carbocycles. The van der Waals surface area contributed by atoms with Crippen LogP contribution in [0.5, 0.6) is 5.75 Å². The van der Waals surface area contributed by atoms with Gasteiger partial charge in [0.25, 0.3) is 0 Å². The number of carbonyl (C=O) groups is 1. The average molecular weight is 336 g/mol. The highest BCUT2D eigenvalue weighted by molar-refractivity contribution is 5.90. The molecule has 0 spiro atoms. The van der Waals surface area contributed by atoms with E-state index in [1.165, 1.54) is 6.33 Å². The molecule has 25 heavy (non-hydrogen) atoms. The third kappa shape index (κ3) is 4.44. The van der Waals surface area contributed by atoms with Crippen molar-refractivity contribution in [1.29, 1.82) is 0 Å². The summed E-state index contributed by atoms with van der Waals surface area (Å²) in [6, 6.07) is 13.4. The van der Waals surface area contributed by atoms with Crippen LogP contribution in [0.25, 0.3) is 5.69 Å². The molecular formula is C19H20N4O2. The summed E-state index contributed by atoms with van der Waals surface area (Å²) in [6.45, 7) is 4.35. The Bertz CT molecular complexity index is 842. The van der Waals surface area contributed by atoms with E-state index in [4.69, 9.17) is 4.74 Å². The Morgan fingerprint density at radius 1 is 1.16 bits per heavy atom. The van der Waals surface area contributed by atoms with Crippen molar-refractivity contribution >= 4 is 11.6 Å². The van der Waals surface area contributed by atoms with Crippen LogP contribution in [0.1, 0.15) is 17.5 Å². The molecule has 3 rings (SSSR count). The summed E-state index contributed by atoms with van der Waals surface area (Å²) in [5.41, 5.74) is 3.82. The first-order valence-corrected chi connectivity index (χ1v) is 8.07. The lowest BCUT2D eigenvalue weighted by Gasteiger charge is -2.10. The number of benzene rings is 2. The second kappa shape index (κ2) is 7.61. The molecule has 0 aliphatic rings. The van der Waals surface area contributed by atoms with Crippen LogP contribution in [0.4, 0.5) is 5.69 Å². The Kier molecular flexibility index (Phi) is 5.09. The number of rotatable bonds is 6. The normalized spacial score (nSPS) is 10.5. The first-order chi connectivity index (χ1) is 12.1. The minimum atomic E-state index is -0.0844. The fourth-order valence-electron chi connectivity index (χ4n) is 2.38. The number of amides is 1. The van der Waals surface area contributed by atoms with Crippen LogP contribution < -0.4 is 10.1 Å². The van der Waals surface area contributed by atoms with Crippen molar-refractivity contribution in [2.24, 2.45) is 0 Å². The van der Waals surface area contributed by atoms with Crippen molar-refractivity contribution < 1.29 is 9.53 Å². The number of carbonyl (C=O) groups excluding carboxylic acids is 1. The van der Waals surface area contributed by atoms with E-state index < -0.39 is 0 Å². The summed E-state index contributed by atoms with van der Waals surface area (Å²) < 4.78 is 7.37. The molecule has 0 fully saturated rings. The van der Waals surface area contributed by atoms with Gasteiger partial charge in [0, 0.05) is 5.69 Å². The molecule has 0 aliphatic heterocycles. The number of nitrogens with one attached hydrogen (secondary N) is 1. The van der Waals surface area contributed by atoms with Gasteiger partial charge in [-0.15, -0.1) is 0 Å². The standard InChI is InChI=1S/C19H20N4O2/c1-14-3-4-15(2)18(11-14)25-10-9-19(24)22-16-5-7-17(8-6-16)23-13-20-12-21-23/h3-8,11-13H,9-10H2,1-2H3,(H,22,24). The van der Waals surface area contributed by atoms with E-state index in [2.05, 4.69) is 15.4 Å². The second-order valence-corrected chi connectivity index (χ2v) is 5.80. The first-order valence-electron chi connectivity index (χ1n) is 8.07. The molecule has 0 atom stereocenters. The fraction of sp³-hybridized carbons (Fsp3) is 0.211. The lowest BCUT2D eigenvalue weighted by Crippen LogP contribution is -2.15. The predicted octanol–water partition coefficient (Wildman–Crippen LogP) is 3.29. The summed E-state index contributed by atoms with van der Waals surface area (Å²) in [6.07, 6.45) is 3.39. The van der Waals surface area contributed by atoms with Gasteiger partial charge in [-0.3, -0.25) is 4.79 Å². The van der Waals surface area contributed by atoms with Crippen molar-refractivity contribution in [3.8, 4) is 11.4 Å². The smallest absolute Gasteiger partial charge is 0.227 e. The van der Waals surface area contributed by atoms with Gasteiger partial charge in [-0.2, -0.15) is 5.10 Å². The monoisotopic (exact) mass is 336 g/mol. The van der Waals surface area contributed by atoms with Crippen LogP contribution in [0, 0.1) is 13.8 Å². The number of hydrogen-bond acceptors (Lipinski definition) is 4. The van der Waals surface area contributed by atoms with E-state index in [0.29, 0.717) is 6.61 Å². The van der Waals surface area contributed by atoms with Crippen molar-refractivity contribution in [1.82, 2.24) is 14.8 Å². The average Bonchev–Trinajstić information content (AvgIpc) is 3.13. The van der Waals surface area contributed by atoms with Crippen LogP contribution in [0.3, 0.4) is 0 Å². The Labute approximate surface area is 146 Å². The highest BCUT2D eigenvalue weighted by Crippen LogP contribution is 2.19. The van der Waals surface area contributed by atoms with Crippen molar-refractivity contribution in [2.75, 3.05) is 11.9 Å². The van der Waals surface area contributed by atoms with Crippen LogP contribution in [-0.2, 0) is 4.79 Å². The maximum absolute atomic E-state index is 12.0. The van der Waals surface area contributed by atoms with E-state index in [-0.39, 0.29) is 12.3 Å². The molecule has 0 unspecified atom stereocenters. The van der Waals surface area contributed by atoms with Gasteiger partial charge in [0.1, 0.15) is 18.4 Å². The third-order valence-electron chi connectivity index (χ3n) is 3.76. The second-order valence-electron chi connectivity index (χ2n) is 5.80. The van der Waals surface area contributed by atoms with Crippen LogP contribution in [-0.4, -0.2) is 27.3 Å². The van der Waals surface area contributed by atoms with Crippen molar-refractivity contribution in [2.45, 2.75) is 20.3 Å². The molecular weight excluding hydrogens is 316 g/mol. The Balaban J connectivity index is 1.50. The molecule has 6 heteroatoms. The van der Waals surface area contributed by atoms with Gasteiger partial charge >= 0.3 is 0 Å². The third-order valence-corrected chi connectivity index (χ3v) is 3.76. The van der Waals surface area contributed by atoms with E-state index in [9.17, 15) is 4.79 Å². The van der Waals surface area contributed by atoms with Gasteiger partial charge in [0.2, 0.25) is 5.91 Å². The molecule has 0 saturated carbocycles. The topological polar surface area (TPSA) is 69.0 Å². The lowest BCUT2D eigenvalue weighted by atomic mass is 10.1. The molecule has 1 amide bonds. The molecule has 1 aromatic heterocycles. The highest BCUT2D eigenvalue weighted by Gasteiger charge is 2.05. The van der Waals surface area contributed by atoms with E-state index in [0.717, 1.165) is 28.3 Å². The number of nitrogens with zero attached hydrogens (tertiary/aromatic N) is 3. The number of aryl methyl sites for hydroxylation is 2. The zero-order valence-corrected chi connectivity index (χ0v) is 14.3. The van der Waals surface area contributed by atoms with Gasteiger partial charge in [0.05, 0.1) is 18.7 Å². The summed E-state index contributed by atoms with van der Waals surface area (Å²) in [5.74, 6) is 0.740. The molecule has 3 aromatic rings. The van der Waals surface area contributed by atoms with Gasteiger partial charge in [-0.25, -0.2) is 9.67 Å². The Morgan fingerprint density at radius 3 is 2.68 bits per heavy atom. The lowest BCUT2D eigenvalue weighted by molar-refractivity contribution is -0.116. The van der Waals surface area contributed by atoms with Gasteiger partial charge in [0.15, 0.2) is 0 Å². The van der Waals surface area contributed by atoms with Gasteiger partial charge in [-0.1, -0.05) is 12.1 Å². The molecule has 6 nitrogen and oxygen atoms in total. The molecule has 0 bridgehead atoms. The maximum atomic E-state index is 12.0. The molecule has 2 aromatic carbocycles. The van der Waals surface area contributed by atoms with Crippen molar-refractivity contribution in [3.05, 3.63) is 66.2 Å². The first kappa shape index (κ1) is 16.7. The van der Waals surface area contributed by atoms with Crippen LogP contribution in [0.2, 0.25) is 0 Å². The summed E-state index contributed by atoms with van der Waals surface area (Å²) in [4.78, 5) is 16.0. The minimum absolute atomic E-state index is 0.0844. The summed E-state index contributed by atoms with van der Waals surface area (Å²) in [7, 11) is 0. The predicted molar refractivity (Wildman–Crippen MR) is 96.0 cm³/mol. The zero-order chi connectivity index (χ0) is 17.6. The van der Waals surface area contributed by atoms with Gasteiger partial charge in [-0.05, 0) is 55.3 Å². The van der Waals surface area contributed by atoms with E-state index in [1.54, 1.807) is 11.0 Å². The molecule has 1 N–H and O–H groups in total. The summed E-state index contributed by atoms with van der Waals surface area (Å²) >= 11 is 0. The fourth-order valence-corrected chi connectivity index (χ4v) is 2.38. The SMILES string of the molecule is Cc1ccc(C)c(OCCC(=O)Nc2ccc(-n3cncn3)cc2)c1. The Hall–Kier alpha value is -3.15. The molecule has 0 radical (unpaired) electrons. The molecule has 0 saturated heterocycles. The van der Waals surface area contributed by atoms with Crippen LogP contribution >= 0.6 is 0 Å². The van der Waals surface area contributed by atoms with Crippen LogP contribution in [0.15, 0.2) is 55.1 Å². The van der Waals surface area contributed by atoms with Crippen molar-refractivity contribution in [3.63, 3.8) is 0 Å².